The van der Waals surface area contributed by atoms with Crippen LogP contribution in [0.15, 0.2) is 48.7 Å². The quantitative estimate of drug-likeness (QED) is 0.642. The topological polar surface area (TPSA) is 80.1 Å². The maximum absolute atomic E-state index is 9.36. The largest absolute Gasteiger partial charge is 0.490 e. The number of nitrogens with zero attached hydrogens (tertiary/aromatic N) is 3. The minimum Gasteiger partial charge on any atom is -0.490 e. The molecule has 2 heterocycles. The Kier molecular flexibility index (Phi) is 6.07. The Bertz CT molecular complexity index is 994. The third-order valence-corrected chi connectivity index (χ3v) is 4.08. The summed E-state index contributed by atoms with van der Waals surface area (Å²) >= 11 is 0. The summed E-state index contributed by atoms with van der Waals surface area (Å²) in [5.41, 5.74) is 3.90. The van der Waals surface area contributed by atoms with E-state index in [1.165, 1.54) is 0 Å². The number of aryl methyl sites for hydroxylation is 2. The van der Waals surface area contributed by atoms with Crippen molar-refractivity contribution in [1.29, 1.82) is 5.26 Å². The van der Waals surface area contributed by atoms with Gasteiger partial charge in [-0.3, -0.25) is 4.98 Å². The first-order chi connectivity index (χ1) is 13.6. The lowest BCUT2D eigenvalue weighted by Gasteiger charge is -2.12. The highest BCUT2D eigenvalue weighted by atomic mass is 16.5. The molecule has 3 rings (SSSR count). The number of hydrogen-bond donors (Lipinski definition) is 1. The molecule has 0 amide bonds. The third-order valence-electron chi connectivity index (χ3n) is 4.08. The Balaban J connectivity index is 1.69. The molecule has 0 unspecified atom stereocenters. The fourth-order valence-corrected chi connectivity index (χ4v) is 2.80. The predicted molar refractivity (Wildman–Crippen MR) is 108 cm³/mol. The van der Waals surface area contributed by atoms with Gasteiger partial charge in [0.05, 0.1) is 23.6 Å². The lowest BCUT2D eigenvalue weighted by molar-refractivity contribution is 0.319. The number of nitriles is 1. The molecule has 2 aromatic heterocycles. The van der Waals surface area contributed by atoms with Gasteiger partial charge in [0.1, 0.15) is 6.07 Å². The minimum absolute atomic E-state index is 0.490. The van der Waals surface area contributed by atoms with Crippen molar-refractivity contribution in [2.24, 2.45) is 0 Å². The van der Waals surface area contributed by atoms with Crippen LogP contribution >= 0.6 is 0 Å². The molecular formula is C22H22N4O2. The van der Waals surface area contributed by atoms with Gasteiger partial charge in [-0.15, -0.1) is 0 Å². The van der Waals surface area contributed by atoms with Crippen LogP contribution < -0.4 is 14.8 Å². The minimum atomic E-state index is 0.490. The molecule has 0 aliphatic carbocycles. The molecule has 0 saturated carbocycles. The van der Waals surface area contributed by atoms with E-state index in [4.69, 9.17) is 9.47 Å². The third kappa shape index (κ3) is 4.57. The molecule has 0 radical (unpaired) electrons. The second-order valence-corrected chi connectivity index (χ2v) is 6.22. The monoisotopic (exact) mass is 374 g/mol. The number of para-hydroxylation sites is 2. The van der Waals surface area contributed by atoms with E-state index in [1.54, 1.807) is 6.20 Å². The van der Waals surface area contributed by atoms with E-state index in [1.807, 2.05) is 63.2 Å². The van der Waals surface area contributed by atoms with Crippen LogP contribution in [0.5, 0.6) is 17.4 Å². The molecule has 1 aromatic carbocycles. The lowest BCUT2D eigenvalue weighted by Crippen LogP contribution is -2.05. The van der Waals surface area contributed by atoms with Crippen LogP contribution in [-0.4, -0.2) is 16.6 Å². The van der Waals surface area contributed by atoms with Crippen molar-refractivity contribution in [3.63, 3.8) is 0 Å². The fraction of sp³-hybridized carbons (Fsp3) is 0.227. The second kappa shape index (κ2) is 8.87. The summed E-state index contributed by atoms with van der Waals surface area (Å²) in [5.74, 6) is 1.80. The van der Waals surface area contributed by atoms with E-state index in [0.717, 1.165) is 22.6 Å². The van der Waals surface area contributed by atoms with Crippen LogP contribution in [0, 0.1) is 25.2 Å². The molecule has 0 saturated heterocycles. The molecule has 6 heteroatoms. The first-order valence-electron chi connectivity index (χ1n) is 9.07. The van der Waals surface area contributed by atoms with E-state index >= 15 is 0 Å². The van der Waals surface area contributed by atoms with Crippen molar-refractivity contribution in [2.45, 2.75) is 27.3 Å². The summed E-state index contributed by atoms with van der Waals surface area (Å²) in [6.07, 6.45) is 1.75. The summed E-state index contributed by atoms with van der Waals surface area (Å²) in [6.45, 7) is 6.79. The summed E-state index contributed by atoms with van der Waals surface area (Å²) in [6, 6.07) is 15.3. The van der Waals surface area contributed by atoms with Crippen LogP contribution in [0.1, 0.15) is 29.4 Å². The zero-order valence-electron chi connectivity index (χ0n) is 16.2. The Morgan fingerprint density at radius 1 is 1.11 bits per heavy atom. The molecular weight excluding hydrogens is 352 g/mol. The number of rotatable bonds is 7. The smallest absolute Gasteiger partial charge is 0.219 e. The molecule has 3 aromatic rings. The van der Waals surface area contributed by atoms with Crippen molar-refractivity contribution in [3.8, 4) is 23.4 Å². The fourth-order valence-electron chi connectivity index (χ4n) is 2.80. The summed E-state index contributed by atoms with van der Waals surface area (Å²) in [5, 5.41) is 12.6. The average molecular weight is 374 g/mol. The van der Waals surface area contributed by atoms with Crippen molar-refractivity contribution in [1.82, 2.24) is 9.97 Å². The lowest BCUT2D eigenvalue weighted by atomic mass is 10.1. The normalized spacial score (nSPS) is 10.2. The predicted octanol–water partition coefficient (Wildman–Crippen LogP) is 4.77. The first-order valence-corrected chi connectivity index (χ1v) is 9.07. The first kappa shape index (κ1) is 19.2. The van der Waals surface area contributed by atoms with Gasteiger partial charge in [0, 0.05) is 24.5 Å². The number of pyridine rings is 2. The Labute approximate surface area is 164 Å². The molecule has 0 fully saturated rings. The van der Waals surface area contributed by atoms with Gasteiger partial charge in [0.25, 0.3) is 0 Å². The van der Waals surface area contributed by atoms with E-state index in [0.29, 0.717) is 36.1 Å². The van der Waals surface area contributed by atoms with Crippen molar-refractivity contribution in [3.05, 3.63) is 71.2 Å². The highest BCUT2D eigenvalue weighted by Crippen LogP contribution is 2.30. The van der Waals surface area contributed by atoms with Gasteiger partial charge in [-0.1, -0.05) is 18.2 Å². The SMILES string of the molecule is CCOc1ccccc1Oc1ccc(CNc2cc(C)nc(C)c2C#N)cn1. The molecule has 0 aliphatic rings. The zero-order chi connectivity index (χ0) is 19.9. The van der Waals surface area contributed by atoms with Crippen molar-refractivity contribution in [2.75, 3.05) is 11.9 Å². The van der Waals surface area contributed by atoms with E-state index in [2.05, 4.69) is 21.4 Å². The number of ether oxygens (including phenoxy) is 2. The van der Waals surface area contributed by atoms with Crippen LogP contribution in [-0.2, 0) is 6.54 Å². The van der Waals surface area contributed by atoms with Crippen molar-refractivity contribution < 1.29 is 9.47 Å². The van der Waals surface area contributed by atoms with Crippen LogP contribution in [0.4, 0.5) is 5.69 Å². The molecule has 28 heavy (non-hydrogen) atoms. The summed E-state index contributed by atoms with van der Waals surface area (Å²) < 4.78 is 11.4. The summed E-state index contributed by atoms with van der Waals surface area (Å²) in [4.78, 5) is 8.70. The molecule has 142 valence electrons. The average Bonchev–Trinajstić information content (AvgIpc) is 2.69. The van der Waals surface area contributed by atoms with Gasteiger partial charge in [0.15, 0.2) is 11.5 Å². The molecule has 0 atom stereocenters. The summed E-state index contributed by atoms with van der Waals surface area (Å²) in [7, 11) is 0. The maximum Gasteiger partial charge on any atom is 0.219 e. The van der Waals surface area contributed by atoms with Crippen LogP contribution in [0.25, 0.3) is 0 Å². The Hall–Kier alpha value is -3.59. The highest BCUT2D eigenvalue weighted by molar-refractivity contribution is 5.60. The highest BCUT2D eigenvalue weighted by Gasteiger charge is 2.09. The van der Waals surface area contributed by atoms with Gasteiger partial charge in [-0.25, -0.2) is 4.98 Å². The van der Waals surface area contributed by atoms with E-state index in [9.17, 15) is 5.26 Å². The number of aromatic nitrogens is 2. The molecule has 0 spiro atoms. The number of benzene rings is 1. The molecule has 1 N–H and O–H groups in total. The van der Waals surface area contributed by atoms with Crippen LogP contribution in [0.3, 0.4) is 0 Å². The standard InChI is InChI=1S/C22H22N4O2/c1-4-27-20-7-5-6-8-21(20)28-22-10-9-17(14-25-22)13-24-19-11-15(2)26-16(3)18(19)12-23/h5-11,14H,4,13H2,1-3H3,(H,24,26). The maximum atomic E-state index is 9.36. The number of nitrogens with one attached hydrogen (secondary N) is 1. The van der Waals surface area contributed by atoms with Gasteiger partial charge in [0.2, 0.25) is 5.88 Å². The zero-order valence-corrected chi connectivity index (χ0v) is 16.2. The van der Waals surface area contributed by atoms with Gasteiger partial charge in [-0.05, 0) is 44.5 Å². The van der Waals surface area contributed by atoms with E-state index in [-0.39, 0.29) is 0 Å². The second-order valence-electron chi connectivity index (χ2n) is 6.22. The van der Waals surface area contributed by atoms with Crippen molar-refractivity contribution >= 4 is 5.69 Å². The number of hydrogen-bond acceptors (Lipinski definition) is 6. The molecule has 6 nitrogen and oxygen atoms in total. The number of anilines is 1. The van der Waals surface area contributed by atoms with E-state index < -0.39 is 0 Å². The van der Waals surface area contributed by atoms with Gasteiger partial charge < -0.3 is 14.8 Å². The Morgan fingerprint density at radius 3 is 2.57 bits per heavy atom. The Morgan fingerprint density at radius 2 is 1.89 bits per heavy atom. The van der Waals surface area contributed by atoms with Crippen LogP contribution in [0.2, 0.25) is 0 Å². The molecule has 0 aliphatic heterocycles. The van der Waals surface area contributed by atoms with Gasteiger partial charge in [-0.2, -0.15) is 5.26 Å². The molecule has 0 bridgehead atoms. The van der Waals surface area contributed by atoms with Gasteiger partial charge >= 0.3 is 0 Å².